The number of nitrogens with zero attached hydrogens (tertiary/aromatic N) is 2. The van der Waals surface area contributed by atoms with Gasteiger partial charge in [-0.15, -0.1) is 0 Å². The highest BCUT2D eigenvalue weighted by Gasteiger charge is 2.16. The zero-order valence-electron chi connectivity index (χ0n) is 14.4. The number of hydrogen-bond acceptors (Lipinski definition) is 3. The Bertz CT molecular complexity index is 955. The first-order valence-corrected chi connectivity index (χ1v) is 8.13. The first-order valence-electron chi connectivity index (χ1n) is 8.13. The Balaban J connectivity index is 0.00000261. The molecule has 0 saturated heterocycles. The van der Waals surface area contributed by atoms with Crippen LogP contribution in [0.4, 0.5) is 5.69 Å². The van der Waals surface area contributed by atoms with E-state index in [1.54, 1.807) is 0 Å². The van der Waals surface area contributed by atoms with Gasteiger partial charge in [-0.3, -0.25) is 14.9 Å². The fourth-order valence-corrected chi connectivity index (χ4v) is 2.55. The van der Waals surface area contributed by atoms with Crippen LogP contribution < -0.4 is 21.5 Å². The molecule has 0 fully saturated rings. The Morgan fingerprint density at radius 3 is 2.26 bits per heavy atom. The fraction of sp³-hybridized carbons (Fsp3) is 0.0476. The summed E-state index contributed by atoms with van der Waals surface area (Å²) < 4.78 is 1.85. The van der Waals surface area contributed by atoms with Crippen LogP contribution in [-0.4, -0.2) is 10.7 Å². The SMILES string of the molecule is O=C(C[n+]1ccccc1/C=C/c1ccccc1)c1ccc([N+](=O)[O-])cc1.[Br-]. The van der Waals surface area contributed by atoms with Crippen LogP contribution in [0.25, 0.3) is 12.2 Å². The summed E-state index contributed by atoms with van der Waals surface area (Å²) in [6.45, 7) is 0.160. The average Bonchev–Trinajstić information content (AvgIpc) is 2.68. The predicted octanol–water partition coefficient (Wildman–Crippen LogP) is 0.940. The highest BCUT2D eigenvalue weighted by molar-refractivity contribution is 5.95. The van der Waals surface area contributed by atoms with Crippen LogP contribution >= 0.6 is 0 Å². The van der Waals surface area contributed by atoms with Crippen molar-refractivity contribution in [3.63, 3.8) is 0 Å². The number of Topliss-reactive ketones (excluding diaryl/α,β-unsaturated/α-hetero) is 1. The molecule has 2 aromatic carbocycles. The van der Waals surface area contributed by atoms with Gasteiger partial charge < -0.3 is 17.0 Å². The van der Waals surface area contributed by atoms with Gasteiger partial charge in [-0.2, -0.15) is 4.57 Å². The molecule has 0 unspecified atom stereocenters. The Morgan fingerprint density at radius 1 is 0.926 bits per heavy atom. The molecule has 0 spiro atoms. The number of halogens is 1. The number of aromatic nitrogens is 1. The van der Waals surface area contributed by atoms with Gasteiger partial charge in [0.1, 0.15) is 0 Å². The van der Waals surface area contributed by atoms with Crippen molar-refractivity contribution in [3.8, 4) is 0 Å². The maximum atomic E-state index is 12.5. The Kier molecular flexibility index (Phi) is 7.14. The molecule has 0 aliphatic rings. The number of ketones is 1. The first-order chi connectivity index (χ1) is 12.6. The summed E-state index contributed by atoms with van der Waals surface area (Å²) in [5.74, 6) is -0.106. The molecule has 5 nitrogen and oxygen atoms in total. The van der Waals surface area contributed by atoms with Crippen LogP contribution in [0, 0.1) is 10.1 Å². The summed E-state index contributed by atoms with van der Waals surface area (Å²) in [5.41, 5.74) is 2.39. The zero-order valence-corrected chi connectivity index (χ0v) is 16.0. The Labute approximate surface area is 167 Å². The lowest BCUT2D eigenvalue weighted by Crippen LogP contribution is -3.00. The highest BCUT2D eigenvalue weighted by Crippen LogP contribution is 2.12. The minimum Gasteiger partial charge on any atom is -1.00 e. The largest absolute Gasteiger partial charge is 1.00 e. The van der Waals surface area contributed by atoms with E-state index >= 15 is 0 Å². The van der Waals surface area contributed by atoms with Crippen LogP contribution in [0.5, 0.6) is 0 Å². The van der Waals surface area contributed by atoms with Gasteiger partial charge in [-0.25, -0.2) is 0 Å². The Morgan fingerprint density at radius 2 is 1.59 bits per heavy atom. The van der Waals surface area contributed by atoms with Crippen molar-refractivity contribution in [1.82, 2.24) is 0 Å². The predicted molar refractivity (Wildman–Crippen MR) is 99.4 cm³/mol. The molecule has 3 aromatic rings. The standard InChI is InChI=1S/C21H17N2O3.BrH/c24-21(18-10-13-20(14-11-18)23(25)26)16-22-15-5-4-8-19(22)12-9-17-6-2-1-3-7-17;/h1-15H,16H2;1H/q+1;/p-1/b12-9+;. The van der Waals surface area contributed by atoms with E-state index in [1.807, 2.05) is 71.4 Å². The topological polar surface area (TPSA) is 64.1 Å². The van der Waals surface area contributed by atoms with E-state index in [0.717, 1.165) is 11.3 Å². The molecule has 6 heteroatoms. The second-order valence-electron chi connectivity index (χ2n) is 5.72. The van der Waals surface area contributed by atoms with Crippen LogP contribution in [0.3, 0.4) is 0 Å². The molecule has 0 amide bonds. The van der Waals surface area contributed by atoms with Crippen molar-refractivity contribution in [1.29, 1.82) is 0 Å². The molecule has 1 heterocycles. The second kappa shape index (κ2) is 9.54. The number of carbonyl (C=O) groups excluding carboxylic acids is 1. The van der Waals surface area contributed by atoms with Gasteiger partial charge in [-0.1, -0.05) is 30.3 Å². The van der Waals surface area contributed by atoms with Gasteiger partial charge in [0, 0.05) is 35.9 Å². The van der Waals surface area contributed by atoms with Crippen molar-refractivity contribution in [2.24, 2.45) is 0 Å². The van der Waals surface area contributed by atoms with Crippen LogP contribution in [0.2, 0.25) is 0 Å². The average molecular weight is 425 g/mol. The van der Waals surface area contributed by atoms with Gasteiger partial charge >= 0.3 is 0 Å². The van der Waals surface area contributed by atoms with Gasteiger partial charge in [-0.05, 0) is 29.8 Å². The number of nitro benzene ring substituents is 1. The summed E-state index contributed by atoms with van der Waals surface area (Å²) in [4.78, 5) is 22.7. The smallest absolute Gasteiger partial charge is 0.269 e. The van der Waals surface area contributed by atoms with Crippen LogP contribution in [-0.2, 0) is 6.54 Å². The lowest BCUT2D eigenvalue weighted by Gasteiger charge is -2.01. The van der Waals surface area contributed by atoms with Crippen LogP contribution in [0.15, 0.2) is 79.0 Å². The molecule has 0 N–H and O–H groups in total. The Hall–Kier alpha value is -3.12. The summed E-state index contributed by atoms with van der Waals surface area (Å²) in [6.07, 6.45) is 5.79. The van der Waals surface area contributed by atoms with Crippen molar-refractivity contribution < 1.29 is 31.3 Å². The molecule has 136 valence electrons. The van der Waals surface area contributed by atoms with Crippen molar-refractivity contribution in [2.75, 3.05) is 0 Å². The minimum atomic E-state index is -0.479. The maximum Gasteiger partial charge on any atom is 0.269 e. The highest BCUT2D eigenvalue weighted by atomic mass is 79.9. The van der Waals surface area contributed by atoms with E-state index in [2.05, 4.69) is 0 Å². The summed E-state index contributed by atoms with van der Waals surface area (Å²) in [5, 5.41) is 10.7. The fourth-order valence-electron chi connectivity index (χ4n) is 2.55. The molecule has 0 aliphatic carbocycles. The molecule has 1 aromatic heterocycles. The normalized spacial score (nSPS) is 10.4. The number of hydrogen-bond donors (Lipinski definition) is 0. The van der Waals surface area contributed by atoms with Gasteiger partial charge in [0.15, 0.2) is 6.20 Å². The van der Waals surface area contributed by atoms with Crippen molar-refractivity contribution >= 4 is 23.6 Å². The molecule has 0 saturated carbocycles. The summed E-state index contributed by atoms with van der Waals surface area (Å²) >= 11 is 0. The maximum absolute atomic E-state index is 12.5. The molecular weight excluding hydrogens is 408 g/mol. The third-order valence-corrected chi connectivity index (χ3v) is 3.94. The number of nitro groups is 1. The molecule has 0 radical (unpaired) electrons. The van der Waals surface area contributed by atoms with Crippen molar-refractivity contribution in [3.05, 3.63) is 106 Å². The van der Waals surface area contributed by atoms with Gasteiger partial charge in [0.05, 0.1) is 4.92 Å². The number of carbonyl (C=O) groups is 1. The molecule has 3 rings (SSSR count). The number of rotatable bonds is 6. The third kappa shape index (κ3) is 5.43. The zero-order chi connectivity index (χ0) is 18.4. The quantitative estimate of drug-likeness (QED) is 0.256. The monoisotopic (exact) mass is 424 g/mol. The first kappa shape index (κ1) is 20.2. The summed E-state index contributed by atoms with van der Waals surface area (Å²) in [6, 6.07) is 21.3. The lowest BCUT2D eigenvalue weighted by atomic mass is 10.1. The van der Waals surface area contributed by atoms with E-state index in [4.69, 9.17) is 0 Å². The molecular formula is C21H17BrN2O3. The lowest BCUT2D eigenvalue weighted by molar-refractivity contribution is -0.684. The molecule has 0 bridgehead atoms. The van der Waals surface area contributed by atoms with Crippen LogP contribution in [0.1, 0.15) is 21.6 Å². The minimum absolute atomic E-state index is 0. The molecule has 0 aliphatic heterocycles. The van der Waals surface area contributed by atoms with E-state index in [1.165, 1.54) is 24.3 Å². The third-order valence-electron chi connectivity index (χ3n) is 3.94. The van der Waals surface area contributed by atoms with Crippen molar-refractivity contribution in [2.45, 2.75) is 6.54 Å². The number of pyridine rings is 1. The number of non-ortho nitro benzene ring substituents is 1. The van der Waals surface area contributed by atoms with E-state index in [9.17, 15) is 14.9 Å². The number of benzene rings is 2. The second-order valence-corrected chi connectivity index (χ2v) is 5.72. The van der Waals surface area contributed by atoms with E-state index < -0.39 is 4.92 Å². The molecule has 0 atom stereocenters. The van der Waals surface area contributed by atoms with E-state index in [0.29, 0.717) is 5.56 Å². The van der Waals surface area contributed by atoms with E-state index in [-0.39, 0.29) is 35.0 Å². The van der Waals surface area contributed by atoms with Gasteiger partial charge in [0.25, 0.3) is 5.69 Å². The summed E-state index contributed by atoms with van der Waals surface area (Å²) in [7, 11) is 0. The van der Waals surface area contributed by atoms with Gasteiger partial charge in [0.2, 0.25) is 18.0 Å². The molecule has 27 heavy (non-hydrogen) atoms.